The molecule has 0 radical (unpaired) electrons. The predicted octanol–water partition coefficient (Wildman–Crippen LogP) is 2.25. The number of nitrogens with zero attached hydrogens (tertiary/aromatic N) is 1. The van der Waals surface area contributed by atoms with Gasteiger partial charge in [-0.15, -0.1) is 11.3 Å². The third kappa shape index (κ3) is 4.60. The van der Waals surface area contributed by atoms with Gasteiger partial charge in [0.1, 0.15) is 14.9 Å². The molecule has 0 unspecified atom stereocenters. The van der Waals surface area contributed by atoms with E-state index in [9.17, 15) is 16.8 Å². The van der Waals surface area contributed by atoms with Crippen molar-refractivity contribution in [3.05, 3.63) is 39.7 Å². The van der Waals surface area contributed by atoms with Crippen molar-refractivity contribution >= 4 is 47.3 Å². The number of thiophene rings is 1. The van der Waals surface area contributed by atoms with Gasteiger partial charge in [0.15, 0.2) is 0 Å². The Morgan fingerprint density at radius 1 is 1.16 bits per heavy atom. The molecule has 0 amide bonds. The molecule has 138 valence electrons. The smallest absolute Gasteiger partial charge is 0.252 e. The van der Waals surface area contributed by atoms with Crippen LogP contribution in [0.3, 0.4) is 0 Å². The summed E-state index contributed by atoms with van der Waals surface area (Å²) in [6.07, 6.45) is 0. The van der Waals surface area contributed by atoms with Crippen LogP contribution in [0.4, 0.5) is 0 Å². The van der Waals surface area contributed by atoms with E-state index in [-0.39, 0.29) is 21.4 Å². The Kier molecular flexibility index (Phi) is 6.28. The Hall–Kier alpha value is -0.980. The lowest BCUT2D eigenvalue weighted by molar-refractivity contribution is 0.402. The van der Waals surface area contributed by atoms with Crippen molar-refractivity contribution in [2.45, 2.75) is 15.6 Å². The zero-order chi connectivity index (χ0) is 18.8. The fraction of sp³-hybridized carbons (Fsp3) is 0.286. The Balaban J connectivity index is 2.22. The third-order valence-corrected chi connectivity index (χ3v) is 8.51. The highest BCUT2D eigenvalue weighted by Gasteiger charge is 2.22. The molecule has 1 N–H and O–H groups in total. The molecular weight excluding hydrogens is 452 g/mol. The summed E-state index contributed by atoms with van der Waals surface area (Å²) in [5.74, 6) is 0.220. The molecule has 0 saturated carbocycles. The van der Waals surface area contributed by atoms with Crippen LogP contribution < -0.4 is 9.46 Å². The molecule has 0 spiro atoms. The van der Waals surface area contributed by atoms with Gasteiger partial charge in [-0.25, -0.2) is 25.9 Å². The van der Waals surface area contributed by atoms with Gasteiger partial charge in [0.2, 0.25) is 10.0 Å². The summed E-state index contributed by atoms with van der Waals surface area (Å²) in [4.78, 5) is 0.583. The monoisotopic (exact) mass is 468 g/mol. The number of nitrogens with one attached hydrogen (secondary N) is 1. The molecule has 2 aromatic rings. The number of methoxy groups -OCH3 is 1. The SMILES string of the molecule is COc1ccc(Br)cc1S(=O)(=O)NCc1ccc(S(=O)(=O)N(C)C)s1. The highest BCUT2D eigenvalue weighted by Crippen LogP contribution is 2.28. The van der Waals surface area contributed by atoms with Crippen molar-refractivity contribution in [3.63, 3.8) is 0 Å². The summed E-state index contributed by atoms with van der Waals surface area (Å²) in [5.41, 5.74) is 0. The summed E-state index contributed by atoms with van der Waals surface area (Å²) in [6, 6.07) is 7.71. The van der Waals surface area contributed by atoms with Crippen molar-refractivity contribution in [2.75, 3.05) is 21.2 Å². The summed E-state index contributed by atoms with van der Waals surface area (Å²) in [6.45, 7) is -0.0222. The minimum atomic E-state index is -3.82. The van der Waals surface area contributed by atoms with Gasteiger partial charge < -0.3 is 4.74 Å². The number of sulfonamides is 2. The first-order valence-corrected chi connectivity index (χ1v) is 11.5. The summed E-state index contributed by atoms with van der Waals surface area (Å²) in [7, 11) is -3.08. The standard InChI is InChI=1S/C14H17BrN2O5S3/c1-17(2)25(20,21)14-7-5-11(23-14)9-16-24(18,19)13-8-10(15)4-6-12(13)22-3/h4-8,16H,9H2,1-3H3. The van der Waals surface area contributed by atoms with Gasteiger partial charge in [0.25, 0.3) is 10.0 Å². The van der Waals surface area contributed by atoms with E-state index in [2.05, 4.69) is 20.7 Å². The van der Waals surface area contributed by atoms with E-state index >= 15 is 0 Å². The molecule has 2 rings (SSSR count). The van der Waals surface area contributed by atoms with Crippen molar-refractivity contribution in [1.82, 2.24) is 9.03 Å². The molecule has 0 aliphatic carbocycles. The van der Waals surface area contributed by atoms with Crippen molar-refractivity contribution in [1.29, 1.82) is 0 Å². The lowest BCUT2D eigenvalue weighted by Gasteiger charge is -2.11. The third-order valence-electron chi connectivity index (χ3n) is 3.22. The van der Waals surface area contributed by atoms with Crippen LogP contribution in [-0.2, 0) is 26.6 Å². The van der Waals surface area contributed by atoms with Crippen LogP contribution >= 0.6 is 27.3 Å². The molecule has 0 fully saturated rings. The zero-order valence-corrected chi connectivity index (χ0v) is 17.7. The lowest BCUT2D eigenvalue weighted by atomic mass is 10.3. The minimum Gasteiger partial charge on any atom is -0.495 e. The zero-order valence-electron chi connectivity index (χ0n) is 13.7. The first-order valence-electron chi connectivity index (χ1n) is 6.92. The number of benzene rings is 1. The van der Waals surface area contributed by atoms with E-state index in [0.29, 0.717) is 9.35 Å². The number of halogens is 1. The molecule has 11 heteroatoms. The Morgan fingerprint density at radius 3 is 2.44 bits per heavy atom. The number of hydrogen-bond donors (Lipinski definition) is 1. The molecule has 25 heavy (non-hydrogen) atoms. The first-order chi connectivity index (χ1) is 11.6. The predicted molar refractivity (Wildman–Crippen MR) is 99.9 cm³/mol. The molecule has 1 aromatic heterocycles. The average molecular weight is 469 g/mol. The van der Waals surface area contributed by atoms with Crippen LogP contribution in [0.5, 0.6) is 5.75 Å². The molecule has 0 bridgehead atoms. The fourth-order valence-corrected chi connectivity index (χ4v) is 6.14. The summed E-state index contributed by atoms with van der Waals surface area (Å²) >= 11 is 4.26. The topological polar surface area (TPSA) is 92.8 Å². The molecule has 7 nitrogen and oxygen atoms in total. The molecule has 0 aliphatic rings. The maximum atomic E-state index is 12.5. The summed E-state index contributed by atoms with van der Waals surface area (Å²) < 4.78 is 58.6. The number of ether oxygens (including phenoxy) is 1. The number of hydrogen-bond acceptors (Lipinski definition) is 6. The van der Waals surface area contributed by atoms with Gasteiger partial charge in [-0.1, -0.05) is 15.9 Å². The summed E-state index contributed by atoms with van der Waals surface area (Å²) in [5, 5.41) is 0. The molecule has 0 aliphatic heterocycles. The van der Waals surface area contributed by atoms with Gasteiger partial charge in [0, 0.05) is 30.0 Å². The average Bonchev–Trinajstić information content (AvgIpc) is 3.02. The van der Waals surface area contributed by atoms with E-state index in [0.717, 1.165) is 15.6 Å². The number of rotatable bonds is 7. The molecule has 1 heterocycles. The van der Waals surface area contributed by atoms with E-state index in [1.54, 1.807) is 18.2 Å². The van der Waals surface area contributed by atoms with Crippen LogP contribution in [0.2, 0.25) is 0 Å². The molecule has 0 saturated heterocycles. The highest BCUT2D eigenvalue weighted by molar-refractivity contribution is 9.10. The van der Waals surface area contributed by atoms with Gasteiger partial charge >= 0.3 is 0 Å². The largest absolute Gasteiger partial charge is 0.495 e. The second-order valence-corrected chi connectivity index (χ2v) is 11.3. The maximum absolute atomic E-state index is 12.5. The Labute approximate surface area is 159 Å². The molecule has 0 atom stereocenters. The van der Waals surface area contributed by atoms with Crippen molar-refractivity contribution in [3.8, 4) is 5.75 Å². The second kappa shape index (κ2) is 7.72. The normalized spacial score (nSPS) is 12.5. The van der Waals surface area contributed by atoms with Crippen LogP contribution in [-0.4, -0.2) is 42.3 Å². The quantitative estimate of drug-likeness (QED) is 0.672. The van der Waals surface area contributed by atoms with Crippen molar-refractivity contribution in [2.24, 2.45) is 0 Å². The van der Waals surface area contributed by atoms with Gasteiger partial charge in [-0.3, -0.25) is 0 Å². The van der Waals surface area contributed by atoms with E-state index in [1.165, 1.54) is 33.3 Å². The van der Waals surface area contributed by atoms with E-state index < -0.39 is 20.0 Å². The lowest BCUT2D eigenvalue weighted by Crippen LogP contribution is -2.23. The minimum absolute atomic E-state index is 0.00191. The van der Waals surface area contributed by atoms with Crippen LogP contribution in [0.1, 0.15) is 4.88 Å². The van der Waals surface area contributed by atoms with Gasteiger partial charge in [0.05, 0.1) is 7.11 Å². The van der Waals surface area contributed by atoms with Crippen molar-refractivity contribution < 1.29 is 21.6 Å². The maximum Gasteiger partial charge on any atom is 0.252 e. The Morgan fingerprint density at radius 2 is 1.84 bits per heavy atom. The van der Waals surface area contributed by atoms with E-state index in [4.69, 9.17) is 4.74 Å². The van der Waals surface area contributed by atoms with Crippen LogP contribution in [0.15, 0.2) is 43.9 Å². The van der Waals surface area contributed by atoms with Crippen LogP contribution in [0, 0.1) is 0 Å². The second-order valence-electron chi connectivity index (χ2n) is 5.13. The highest BCUT2D eigenvalue weighted by atomic mass is 79.9. The fourth-order valence-electron chi connectivity index (χ4n) is 1.88. The van der Waals surface area contributed by atoms with Gasteiger partial charge in [-0.2, -0.15) is 0 Å². The van der Waals surface area contributed by atoms with Crippen LogP contribution in [0.25, 0.3) is 0 Å². The first kappa shape index (κ1) is 20.3. The van der Waals surface area contributed by atoms with Gasteiger partial charge in [-0.05, 0) is 30.3 Å². The molecule has 1 aromatic carbocycles. The van der Waals surface area contributed by atoms with E-state index in [1.807, 2.05) is 0 Å². The Bertz CT molecular complexity index is 968. The molecular formula is C14H17BrN2O5S3.